The van der Waals surface area contributed by atoms with E-state index in [1.807, 2.05) is 31.2 Å². The largest absolute Gasteiger partial charge is 0.396 e. The van der Waals surface area contributed by atoms with Crippen LogP contribution in [0, 0.1) is 6.92 Å². The van der Waals surface area contributed by atoms with Crippen LogP contribution in [0.2, 0.25) is 0 Å². The Kier molecular flexibility index (Phi) is 3.26. The monoisotopic (exact) mass is 166 g/mol. The van der Waals surface area contributed by atoms with Crippen molar-refractivity contribution < 1.29 is 10.2 Å². The molecule has 0 amide bonds. The summed E-state index contributed by atoms with van der Waals surface area (Å²) < 4.78 is 0. The minimum atomic E-state index is -0.532. The van der Waals surface area contributed by atoms with E-state index in [1.165, 1.54) is 5.56 Å². The van der Waals surface area contributed by atoms with Gasteiger partial charge in [0, 0.05) is 13.0 Å². The molecule has 0 aromatic heterocycles. The summed E-state index contributed by atoms with van der Waals surface area (Å²) in [6.07, 6.45) is -0.126. The molecular weight excluding hydrogens is 152 g/mol. The number of hydrogen-bond donors (Lipinski definition) is 2. The first kappa shape index (κ1) is 9.23. The molecule has 66 valence electrons. The number of aryl methyl sites for hydroxylation is 1. The molecule has 2 N–H and O–H groups in total. The van der Waals surface area contributed by atoms with E-state index in [1.54, 1.807) is 0 Å². The average molecular weight is 166 g/mol. The van der Waals surface area contributed by atoms with Crippen molar-refractivity contribution in [3.63, 3.8) is 0 Å². The fourth-order valence-electron chi connectivity index (χ4n) is 1.08. The molecule has 0 radical (unpaired) electrons. The Bertz CT molecular complexity index is 228. The molecular formula is C10H14O2. The van der Waals surface area contributed by atoms with Gasteiger partial charge in [-0.1, -0.05) is 29.8 Å². The summed E-state index contributed by atoms with van der Waals surface area (Å²) in [5.74, 6) is 0. The van der Waals surface area contributed by atoms with Crippen molar-refractivity contribution in [3.8, 4) is 0 Å². The van der Waals surface area contributed by atoms with E-state index in [2.05, 4.69) is 0 Å². The summed E-state index contributed by atoms with van der Waals surface area (Å²) in [6.45, 7) is 2.03. The van der Waals surface area contributed by atoms with E-state index in [0.29, 0.717) is 6.42 Å². The first-order valence-corrected chi connectivity index (χ1v) is 4.09. The Labute approximate surface area is 72.5 Å². The minimum Gasteiger partial charge on any atom is -0.396 e. The molecule has 0 spiro atoms. The topological polar surface area (TPSA) is 40.5 Å². The van der Waals surface area contributed by atoms with Crippen molar-refractivity contribution >= 4 is 0 Å². The Balaban J connectivity index is 2.68. The summed E-state index contributed by atoms with van der Waals surface area (Å²) in [5.41, 5.74) is 2.05. The highest BCUT2D eigenvalue weighted by atomic mass is 16.3. The van der Waals surface area contributed by atoms with Crippen molar-refractivity contribution in [1.29, 1.82) is 0 Å². The normalized spacial score (nSPS) is 12.9. The quantitative estimate of drug-likeness (QED) is 0.712. The molecule has 2 nitrogen and oxygen atoms in total. The standard InChI is InChI=1S/C10H14O2/c1-8-2-4-9(5-3-8)10(12)6-7-11/h2-5,10-12H,6-7H2,1H3/t10-/m0/s1. The van der Waals surface area contributed by atoms with Crippen molar-refractivity contribution in [2.45, 2.75) is 19.4 Å². The van der Waals surface area contributed by atoms with Crippen LogP contribution in [-0.4, -0.2) is 16.8 Å². The summed E-state index contributed by atoms with van der Waals surface area (Å²) in [7, 11) is 0. The van der Waals surface area contributed by atoms with Gasteiger partial charge in [-0.25, -0.2) is 0 Å². The number of aliphatic hydroxyl groups is 2. The molecule has 1 aromatic rings. The van der Waals surface area contributed by atoms with E-state index in [4.69, 9.17) is 5.11 Å². The van der Waals surface area contributed by atoms with Gasteiger partial charge in [-0.05, 0) is 12.5 Å². The third-order valence-electron chi connectivity index (χ3n) is 1.86. The maximum absolute atomic E-state index is 9.45. The molecule has 2 heteroatoms. The molecule has 0 aliphatic carbocycles. The summed E-state index contributed by atoms with van der Waals surface area (Å²) in [6, 6.07) is 7.68. The van der Waals surface area contributed by atoms with Crippen LogP contribution in [0.25, 0.3) is 0 Å². The highest BCUT2D eigenvalue weighted by Gasteiger charge is 2.04. The molecule has 0 saturated carbocycles. The molecule has 0 saturated heterocycles. The van der Waals surface area contributed by atoms with Gasteiger partial charge in [0.15, 0.2) is 0 Å². The predicted octanol–water partition coefficient (Wildman–Crippen LogP) is 1.41. The van der Waals surface area contributed by atoms with Crippen LogP contribution in [-0.2, 0) is 0 Å². The van der Waals surface area contributed by atoms with Gasteiger partial charge in [0.25, 0.3) is 0 Å². The van der Waals surface area contributed by atoms with Gasteiger partial charge in [0.1, 0.15) is 0 Å². The summed E-state index contributed by atoms with van der Waals surface area (Å²) in [4.78, 5) is 0. The summed E-state index contributed by atoms with van der Waals surface area (Å²) >= 11 is 0. The van der Waals surface area contributed by atoms with Crippen LogP contribution in [0.5, 0.6) is 0 Å². The molecule has 1 atom stereocenters. The second-order valence-electron chi connectivity index (χ2n) is 2.94. The van der Waals surface area contributed by atoms with Crippen LogP contribution in [0.15, 0.2) is 24.3 Å². The zero-order valence-corrected chi connectivity index (χ0v) is 7.20. The Morgan fingerprint density at radius 2 is 1.83 bits per heavy atom. The van der Waals surface area contributed by atoms with Crippen LogP contribution in [0.4, 0.5) is 0 Å². The highest BCUT2D eigenvalue weighted by Crippen LogP contribution is 2.15. The van der Waals surface area contributed by atoms with Crippen LogP contribution in [0.1, 0.15) is 23.7 Å². The first-order valence-electron chi connectivity index (χ1n) is 4.09. The lowest BCUT2D eigenvalue weighted by molar-refractivity contribution is 0.134. The van der Waals surface area contributed by atoms with Gasteiger partial charge in [-0.2, -0.15) is 0 Å². The molecule has 1 aromatic carbocycles. The van der Waals surface area contributed by atoms with Crippen LogP contribution in [0.3, 0.4) is 0 Å². The second kappa shape index (κ2) is 4.24. The molecule has 1 rings (SSSR count). The summed E-state index contributed by atoms with van der Waals surface area (Å²) in [5, 5.41) is 18.0. The van der Waals surface area contributed by atoms with E-state index in [-0.39, 0.29) is 6.61 Å². The number of benzene rings is 1. The molecule has 0 unspecified atom stereocenters. The van der Waals surface area contributed by atoms with Gasteiger partial charge < -0.3 is 10.2 Å². The predicted molar refractivity (Wildman–Crippen MR) is 47.8 cm³/mol. The number of hydrogen-bond acceptors (Lipinski definition) is 2. The maximum Gasteiger partial charge on any atom is 0.0811 e. The fraction of sp³-hybridized carbons (Fsp3) is 0.400. The lowest BCUT2D eigenvalue weighted by Gasteiger charge is -2.08. The highest BCUT2D eigenvalue weighted by molar-refractivity contribution is 5.22. The molecule has 0 aliphatic rings. The number of rotatable bonds is 3. The van der Waals surface area contributed by atoms with E-state index in [9.17, 15) is 5.11 Å². The van der Waals surface area contributed by atoms with Gasteiger partial charge >= 0.3 is 0 Å². The van der Waals surface area contributed by atoms with E-state index in [0.717, 1.165) is 5.56 Å². The van der Waals surface area contributed by atoms with Crippen molar-refractivity contribution in [2.75, 3.05) is 6.61 Å². The smallest absolute Gasteiger partial charge is 0.0811 e. The Hall–Kier alpha value is -0.860. The lowest BCUT2D eigenvalue weighted by atomic mass is 10.1. The van der Waals surface area contributed by atoms with Gasteiger partial charge in [0.05, 0.1) is 6.10 Å². The van der Waals surface area contributed by atoms with Gasteiger partial charge in [0.2, 0.25) is 0 Å². The van der Waals surface area contributed by atoms with Gasteiger partial charge in [-0.3, -0.25) is 0 Å². The molecule has 12 heavy (non-hydrogen) atoms. The Morgan fingerprint density at radius 3 is 2.33 bits per heavy atom. The fourth-order valence-corrected chi connectivity index (χ4v) is 1.08. The minimum absolute atomic E-state index is 0.0229. The average Bonchev–Trinajstić information content (AvgIpc) is 2.06. The van der Waals surface area contributed by atoms with Gasteiger partial charge in [-0.15, -0.1) is 0 Å². The molecule has 0 heterocycles. The van der Waals surface area contributed by atoms with Crippen molar-refractivity contribution in [2.24, 2.45) is 0 Å². The molecule has 0 bridgehead atoms. The zero-order valence-electron chi connectivity index (χ0n) is 7.20. The Morgan fingerprint density at radius 1 is 1.25 bits per heavy atom. The first-order chi connectivity index (χ1) is 5.74. The maximum atomic E-state index is 9.45. The second-order valence-corrected chi connectivity index (χ2v) is 2.94. The van der Waals surface area contributed by atoms with E-state index < -0.39 is 6.10 Å². The van der Waals surface area contributed by atoms with Crippen molar-refractivity contribution in [1.82, 2.24) is 0 Å². The molecule has 0 aliphatic heterocycles. The SMILES string of the molecule is Cc1ccc([C@@H](O)CCO)cc1. The van der Waals surface area contributed by atoms with E-state index >= 15 is 0 Å². The van der Waals surface area contributed by atoms with Crippen LogP contribution < -0.4 is 0 Å². The number of aliphatic hydroxyl groups excluding tert-OH is 2. The molecule has 0 fully saturated rings. The van der Waals surface area contributed by atoms with Crippen molar-refractivity contribution in [3.05, 3.63) is 35.4 Å². The third kappa shape index (κ3) is 2.32. The van der Waals surface area contributed by atoms with Crippen LogP contribution >= 0.6 is 0 Å². The zero-order chi connectivity index (χ0) is 8.97. The lowest BCUT2D eigenvalue weighted by Crippen LogP contribution is -1.99. The third-order valence-corrected chi connectivity index (χ3v) is 1.86.